The Balaban J connectivity index is 3.82. The van der Waals surface area contributed by atoms with Gasteiger partial charge in [0.25, 0.3) is 0 Å². The number of hydrogen-bond donors (Lipinski definition) is 3. The van der Waals surface area contributed by atoms with Gasteiger partial charge in [-0.15, -0.1) is 0 Å². The second kappa shape index (κ2) is 6.34. The minimum atomic E-state index is -2.98. The molecule has 6 heteroatoms. The summed E-state index contributed by atoms with van der Waals surface area (Å²) in [5.74, 6) is 0.184. The second-order valence-electron chi connectivity index (χ2n) is 3.34. The standard InChI is InChI=1S/C8H19NO4S/c1-3-14(12,13)6-7(2)9-4-8(11)5-10/h7-11H,3-6H2,1-2H3. The van der Waals surface area contributed by atoms with Crippen LogP contribution in [0.1, 0.15) is 13.8 Å². The fourth-order valence-corrected chi connectivity index (χ4v) is 2.07. The number of rotatable bonds is 7. The molecule has 0 saturated carbocycles. The zero-order chi connectivity index (χ0) is 11.2. The van der Waals surface area contributed by atoms with Gasteiger partial charge in [-0.05, 0) is 6.92 Å². The molecular weight excluding hydrogens is 206 g/mol. The van der Waals surface area contributed by atoms with Crippen LogP contribution in [0.3, 0.4) is 0 Å². The number of aliphatic hydroxyl groups is 2. The molecule has 3 N–H and O–H groups in total. The molecule has 0 heterocycles. The lowest BCUT2D eigenvalue weighted by Crippen LogP contribution is -2.39. The van der Waals surface area contributed by atoms with Crippen molar-refractivity contribution in [2.24, 2.45) is 0 Å². The van der Waals surface area contributed by atoms with Crippen molar-refractivity contribution < 1.29 is 18.6 Å². The molecule has 2 unspecified atom stereocenters. The third-order valence-electron chi connectivity index (χ3n) is 1.86. The molecular formula is C8H19NO4S. The molecule has 0 spiro atoms. The average molecular weight is 225 g/mol. The van der Waals surface area contributed by atoms with E-state index in [1.54, 1.807) is 13.8 Å². The predicted octanol–water partition coefficient (Wildman–Crippen LogP) is -1.25. The van der Waals surface area contributed by atoms with Crippen molar-refractivity contribution in [2.45, 2.75) is 26.0 Å². The third-order valence-corrected chi connectivity index (χ3v) is 3.74. The van der Waals surface area contributed by atoms with Crippen LogP contribution in [0.2, 0.25) is 0 Å². The van der Waals surface area contributed by atoms with Crippen molar-refractivity contribution in [3.63, 3.8) is 0 Å². The van der Waals surface area contributed by atoms with Crippen molar-refractivity contribution in [1.29, 1.82) is 0 Å². The highest BCUT2D eigenvalue weighted by Crippen LogP contribution is 1.94. The summed E-state index contributed by atoms with van der Waals surface area (Å²) < 4.78 is 22.3. The summed E-state index contributed by atoms with van der Waals surface area (Å²) in [6, 6.07) is -0.207. The maximum Gasteiger partial charge on any atom is 0.151 e. The van der Waals surface area contributed by atoms with Crippen LogP contribution < -0.4 is 5.32 Å². The number of nitrogens with one attached hydrogen (secondary N) is 1. The first-order valence-electron chi connectivity index (χ1n) is 4.64. The van der Waals surface area contributed by atoms with Crippen molar-refractivity contribution in [3.05, 3.63) is 0 Å². The van der Waals surface area contributed by atoms with E-state index in [0.717, 1.165) is 0 Å². The summed E-state index contributed by atoms with van der Waals surface area (Å²) in [7, 11) is -2.98. The Morgan fingerprint density at radius 1 is 1.43 bits per heavy atom. The van der Waals surface area contributed by atoms with Gasteiger partial charge >= 0.3 is 0 Å². The van der Waals surface area contributed by atoms with Crippen LogP contribution >= 0.6 is 0 Å². The Kier molecular flexibility index (Phi) is 6.26. The van der Waals surface area contributed by atoms with Gasteiger partial charge in [-0.1, -0.05) is 6.92 Å². The van der Waals surface area contributed by atoms with Gasteiger partial charge in [0.2, 0.25) is 0 Å². The predicted molar refractivity (Wildman–Crippen MR) is 54.9 cm³/mol. The van der Waals surface area contributed by atoms with Gasteiger partial charge in [-0.25, -0.2) is 8.42 Å². The van der Waals surface area contributed by atoms with Gasteiger partial charge in [0.1, 0.15) is 0 Å². The first kappa shape index (κ1) is 13.8. The van der Waals surface area contributed by atoms with E-state index in [1.165, 1.54) is 0 Å². The quantitative estimate of drug-likeness (QED) is 0.504. The van der Waals surface area contributed by atoms with E-state index >= 15 is 0 Å². The van der Waals surface area contributed by atoms with Gasteiger partial charge in [-0.2, -0.15) is 0 Å². The summed E-state index contributed by atoms with van der Waals surface area (Å²) in [5.41, 5.74) is 0. The summed E-state index contributed by atoms with van der Waals surface area (Å²) in [6.45, 7) is 3.22. The minimum Gasteiger partial charge on any atom is -0.394 e. The third kappa shape index (κ3) is 6.31. The number of sulfone groups is 1. The fraction of sp³-hybridized carbons (Fsp3) is 1.00. The molecule has 0 bridgehead atoms. The lowest BCUT2D eigenvalue weighted by Gasteiger charge is -2.15. The van der Waals surface area contributed by atoms with Crippen LogP contribution in [-0.4, -0.2) is 55.4 Å². The molecule has 0 aliphatic rings. The Morgan fingerprint density at radius 3 is 2.43 bits per heavy atom. The minimum absolute atomic E-state index is 0.0572. The van der Waals surface area contributed by atoms with E-state index in [9.17, 15) is 8.42 Å². The van der Waals surface area contributed by atoms with Gasteiger partial charge in [0.05, 0.1) is 18.5 Å². The second-order valence-corrected chi connectivity index (χ2v) is 5.74. The Labute approximate surface area is 85.1 Å². The van der Waals surface area contributed by atoms with Crippen LogP contribution in [0.5, 0.6) is 0 Å². The monoisotopic (exact) mass is 225 g/mol. The topological polar surface area (TPSA) is 86.6 Å². The number of aliphatic hydroxyl groups excluding tert-OH is 2. The van der Waals surface area contributed by atoms with E-state index in [0.29, 0.717) is 0 Å². The molecule has 0 saturated heterocycles. The van der Waals surface area contributed by atoms with Gasteiger partial charge in [0.15, 0.2) is 9.84 Å². The molecule has 86 valence electrons. The van der Waals surface area contributed by atoms with E-state index in [-0.39, 0.29) is 30.7 Å². The zero-order valence-corrected chi connectivity index (χ0v) is 9.42. The van der Waals surface area contributed by atoms with E-state index in [1.807, 2.05) is 0 Å². The Bertz CT molecular complexity index is 240. The summed E-state index contributed by atoms with van der Waals surface area (Å²) >= 11 is 0. The first-order valence-corrected chi connectivity index (χ1v) is 6.46. The summed E-state index contributed by atoms with van der Waals surface area (Å²) in [5, 5.41) is 20.4. The summed E-state index contributed by atoms with van der Waals surface area (Å²) in [6.07, 6.45) is -0.832. The zero-order valence-electron chi connectivity index (χ0n) is 8.60. The van der Waals surface area contributed by atoms with Crippen LogP contribution in [0.4, 0.5) is 0 Å². The van der Waals surface area contributed by atoms with Crippen molar-refractivity contribution >= 4 is 9.84 Å². The molecule has 5 nitrogen and oxygen atoms in total. The SMILES string of the molecule is CCS(=O)(=O)CC(C)NCC(O)CO. The van der Waals surface area contributed by atoms with Crippen LogP contribution in [0.25, 0.3) is 0 Å². The molecule has 0 amide bonds. The highest BCUT2D eigenvalue weighted by molar-refractivity contribution is 7.91. The van der Waals surface area contributed by atoms with Gasteiger partial charge < -0.3 is 15.5 Å². The van der Waals surface area contributed by atoms with Crippen LogP contribution in [0.15, 0.2) is 0 Å². The van der Waals surface area contributed by atoms with E-state index < -0.39 is 15.9 Å². The largest absolute Gasteiger partial charge is 0.394 e. The molecule has 0 aromatic heterocycles. The van der Waals surface area contributed by atoms with Crippen molar-refractivity contribution in [2.75, 3.05) is 24.7 Å². The molecule has 0 rings (SSSR count). The van der Waals surface area contributed by atoms with Gasteiger partial charge in [0, 0.05) is 18.3 Å². The van der Waals surface area contributed by atoms with Gasteiger partial charge in [-0.3, -0.25) is 0 Å². The van der Waals surface area contributed by atoms with E-state index in [2.05, 4.69) is 5.32 Å². The van der Waals surface area contributed by atoms with Crippen LogP contribution in [-0.2, 0) is 9.84 Å². The number of hydrogen-bond acceptors (Lipinski definition) is 5. The molecule has 0 aliphatic heterocycles. The Morgan fingerprint density at radius 2 is 2.00 bits per heavy atom. The molecule has 0 aromatic rings. The van der Waals surface area contributed by atoms with E-state index in [4.69, 9.17) is 10.2 Å². The lowest BCUT2D eigenvalue weighted by atomic mass is 10.3. The first-order chi connectivity index (χ1) is 6.41. The molecule has 0 aliphatic carbocycles. The molecule has 0 fully saturated rings. The average Bonchev–Trinajstić information content (AvgIpc) is 2.13. The smallest absolute Gasteiger partial charge is 0.151 e. The molecule has 0 aromatic carbocycles. The van der Waals surface area contributed by atoms with Crippen molar-refractivity contribution in [3.8, 4) is 0 Å². The lowest BCUT2D eigenvalue weighted by molar-refractivity contribution is 0.0929. The maximum atomic E-state index is 11.2. The van der Waals surface area contributed by atoms with Crippen LogP contribution in [0, 0.1) is 0 Å². The highest BCUT2D eigenvalue weighted by atomic mass is 32.2. The normalized spacial score (nSPS) is 16.6. The van der Waals surface area contributed by atoms with Crippen molar-refractivity contribution in [1.82, 2.24) is 5.32 Å². The fourth-order valence-electron chi connectivity index (χ4n) is 0.959. The molecule has 2 atom stereocenters. The Hall–Kier alpha value is -0.170. The maximum absolute atomic E-state index is 11.2. The summed E-state index contributed by atoms with van der Waals surface area (Å²) in [4.78, 5) is 0. The molecule has 0 radical (unpaired) electrons. The molecule has 14 heavy (non-hydrogen) atoms. The highest BCUT2D eigenvalue weighted by Gasteiger charge is 2.13.